The molecule has 0 saturated heterocycles. The monoisotopic (exact) mass is 461 g/mol. The van der Waals surface area contributed by atoms with E-state index in [4.69, 9.17) is 0 Å². The van der Waals surface area contributed by atoms with E-state index in [1.54, 1.807) is 9.47 Å². The van der Waals surface area contributed by atoms with Crippen molar-refractivity contribution in [3.8, 4) is 5.75 Å². The third-order valence-electron chi connectivity index (χ3n) is 7.30. The smallest absolute Gasteiger partial charge is 0.274 e. The molecule has 5 rings (SSSR count). The predicted molar refractivity (Wildman–Crippen MR) is 110 cm³/mol. The Kier molecular flexibility index (Phi) is 4.98. The molecular weight excluding hydrogens is 439 g/mol. The molecule has 4 atom stereocenters. The maximum atomic E-state index is 13.9. The fourth-order valence-corrected chi connectivity index (χ4v) is 5.92. The van der Waals surface area contributed by atoms with Crippen molar-refractivity contribution in [2.24, 2.45) is 11.8 Å². The Labute approximate surface area is 186 Å². The van der Waals surface area contributed by atoms with Gasteiger partial charge in [0, 0.05) is 37.0 Å². The molecule has 1 aromatic carbocycles. The van der Waals surface area contributed by atoms with Gasteiger partial charge in [0.25, 0.3) is 11.8 Å². The lowest BCUT2D eigenvalue weighted by molar-refractivity contribution is 0.0413. The summed E-state index contributed by atoms with van der Waals surface area (Å²) in [6.45, 7) is 1.66. The summed E-state index contributed by atoms with van der Waals surface area (Å²) < 4.78 is 42.5. The standard InChI is InChI=1S/C23H22F3N3O4/c1-2-28-17-10-3-4-11(5-10)18(17)29-9-14(20(30)21(31)19(29)23(28)33)22(32)27-8-13-15(25)6-12(24)7-16(13)26/h6-7,9-11,17-18,31H,2-5,8H2,1H3,(H,27,32)/t10-,11+,17+,18-/m0/s1. The number of benzene rings is 1. The first kappa shape index (κ1) is 21.5. The number of fused-ring (bicyclic) bond motifs is 7. The summed E-state index contributed by atoms with van der Waals surface area (Å²) in [5, 5.41) is 12.9. The molecule has 0 unspecified atom stereocenters. The van der Waals surface area contributed by atoms with E-state index in [0.29, 0.717) is 24.6 Å². The summed E-state index contributed by atoms with van der Waals surface area (Å²) in [6.07, 6.45) is 4.15. The summed E-state index contributed by atoms with van der Waals surface area (Å²) in [5.74, 6) is -5.10. The molecule has 33 heavy (non-hydrogen) atoms. The van der Waals surface area contributed by atoms with E-state index < -0.39 is 58.1 Å². The molecule has 10 heteroatoms. The molecule has 2 heterocycles. The number of rotatable bonds is 4. The minimum Gasteiger partial charge on any atom is -0.503 e. The summed E-state index contributed by atoms with van der Waals surface area (Å²) in [7, 11) is 0. The number of amides is 2. The second kappa shape index (κ2) is 7.64. The lowest BCUT2D eigenvalue weighted by atomic mass is 9.86. The van der Waals surface area contributed by atoms with Crippen LogP contribution in [0.4, 0.5) is 13.2 Å². The fraction of sp³-hybridized carbons (Fsp3) is 0.435. The third-order valence-corrected chi connectivity index (χ3v) is 7.30. The zero-order valence-corrected chi connectivity index (χ0v) is 17.8. The van der Waals surface area contributed by atoms with Crippen molar-refractivity contribution in [3.05, 3.63) is 62.8 Å². The van der Waals surface area contributed by atoms with Gasteiger partial charge in [-0.25, -0.2) is 13.2 Å². The van der Waals surface area contributed by atoms with E-state index in [9.17, 15) is 32.7 Å². The lowest BCUT2D eigenvalue weighted by Crippen LogP contribution is -2.54. The van der Waals surface area contributed by atoms with Gasteiger partial charge in [0.2, 0.25) is 5.43 Å². The van der Waals surface area contributed by atoms with Crippen molar-refractivity contribution in [2.45, 2.75) is 44.8 Å². The zero-order valence-electron chi connectivity index (χ0n) is 17.8. The minimum absolute atomic E-state index is 0.0750. The number of nitrogens with one attached hydrogen (secondary N) is 1. The molecule has 2 fully saturated rings. The second-order valence-electron chi connectivity index (χ2n) is 8.91. The number of halogens is 3. The van der Waals surface area contributed by atoms with Gasteiger partial charge >= 0.3 is 0 Å². The van der Waals surface area contributed by atoms with Crippen LogP contribution in [0.5, 0.6) is 5.75 Å². The minimum atomic E-state index is -1.17. The van der Waals surface area contributed by atoms with Crippen LogP contribution in [-0.2, 0) is 6.54 Å². The largest absolute Gasteiger partial charge is 0.503 e. The Hall–Kier alpha value is -3.30. The molecule has 2 aliphatic carbocycles. The highest BCUT2D eigenvalue weighted by Gasteiger charge is 2.55. The lowest BCUT2D eigenvalue weighted by Gasteiger charge is -2.45. The topological polar surface area (TPSA) is 91.6 Å². The van der Waals surface area contributed by atoms with E-state index in [1.165, 1.54) is 6.20 Å². The first-order valence-electron chi connectivity index (χ1n) is 10.9. The first-order valence-corrected chi connectivity index (χ1v) is 10.9. The van der Waals surface area contributed by atoms with E-state index in [-0.39, 0.29) is 23.7 Å². The van der Waals surface area contributed by atoms with Crippen LogP contribution in [0, 0.1) is 29.3 Å². The highest BCUT2D eigenvalue weighted by molar-refractivity contribution is 5.99. The van der Waals surface area contributed by atoms with Crippen molar-refractivity contribution >= 4 is 11.8 Å². The van der Waals surface area contributed by atoms with Gasteiger partial charge < -0.3 is 19.9 Å². The number of hydrogen-bond acceptors (Lipinski definition) is 4. The van der Waals surface area contributed by atoms with E-state index in [1.807, 2.05) is 6.92 Å². The Morgan fingerprint density at radius 3 is 2.39 bits per heavy atom. The van der Waals surface area contributed by atoms with Gasteiger partial charge in [-0.2, -0.15) is 0 Å². The Morgan fingerprint density at radius 2 is 1.76 bits per heavy atom. The first-order chi connectivity index (χ1) is 15.7. The van der Waals surface area contributed by atoms with Gasteiger partial charge in [-0.3, -0.25) is 14.4 Å². The molecule has 0 radical (unpaired) electrons. The number of aromatic hydroxyl groups is 1. The number of nitrogens with zero attached hydrogens (tertiary/aromatic N) is 2. The number of pyridine rings is 1. The molecule has 174 valence electrons. The van der Waals surface area contributed by atoms with Crippen molar-refractivity contribution in [1.29, 1.82) is 0 Å². The molecule has 7 nitrogen and oxygen atoms in total. The Bertz CT molecular complexity index is 1220. The van der Waals surface area contributed by atoms with E-state index >= 15 is 0 Å². The molecular formula is C23H22F3N3O4. The number of carbonyl (C=O) groups excluding carboxylic acids is 2. The molecule has 2 bridgehead atoms. The van der Waals surface area contributed by atoms with Gasteiger partial charge in [-0.1, -0.05) is 0 Å². The third kappa shape index (κ3) is 3.14. The van der Waals surface area contributed by atoms with E-state index in [2.05, 4.69) is 5.32 Å². The van der Waals surface area contributed by atoms with Crippen molar-refractivity contribution in [1.82, 2.24) is 14.8 Å². The van der Waals surface area contributed by atoms with Crippen LogP contribution in [0.1, 0.15) is 58.6 Å². The van der Waals surface area contributed by atoms with Crippen LogP contribution < -0.4 is 10.7 Å². The second-order valence-corrected chi connectivity index (χ2v) is 8.91. The van der Waals surface area contributed by atoms with Crippen LogP contribution in [0.15, 0.2) is 23.1 Å². The Morgan fingerprint density at radius 1 is 1.12 bits per heavy atom. The molecule has 2 aromatic rings. The van der Waals surface area contributed by atoms with Gasteiger partial charge in [-0.15, -0.1) is 0 Å². The quantitative estimate of drug-likeness (QED) is 0.733. The molecule has 2 N–H and O–H groups in total. The van der Waals surface area contributed by atoms with Crippen LogP contribution in [0.2, 0.25) is 0 Å². The number of hydrogen-bond donors (Lipinski definition) is 2. The molecule has 1 aliphatic heterocycles. The van der Waals surface area contributed by atoms with Gasteiger partial charge in [0.15, 0.2) is 11.4 Å². The predicted octanol–water partition coefficient (Wildman–Crippen LogP) is 2.72. The van der Waals surface area contributed by atoms with Gasteiger partial charge in [0.1, 0.15) is 23.0 Å². The SMILES string of the molecule is CCN1C(=O)c2c(O)c(=O)c(C(=O)NCc3c(F)cc(F)cc3F)cn2[C@H]2[C@@H]3CC[C@@H](C3)[C@H]21. The van der Waals surface area contributed by atoms with E-state index in [0.717, 1.165) is 19.3 Å². The molecule has 2 saturated carbocycles. The Balaban J connectivity index is 1.52. The normalized spacial score (nSPS) is 25.2. The summed E-state index contributed by atoms with van der Waals surface area (Å²) in [4.78, 5) is 40.4. The van der Waals surface area contributed by atoms with Crippen LogP contribution in [0.3, 0.4) is 0 Å². The maximum Gasteiger partial charge on any atom is 0.274 e. The van der Waals surface area contributed by atoms with Crippen molar-refractivity contribution < 1.29 is 27.9 Å². The highest BCUT2D eigenvalue weighted by atomic mass is 19.1. The molecule has 3 aliphatic rings. The van der Waals surface area contributed by atoms with Crippen LogP contribution in [0.25, 0.3) is 0 Å². The number of likely N-dealkylation sites (N-methyl/N-ethyl adjacent to an activating group) is 1. The maximum absolute atomic E-state index is 13.9. The average molecular weight is 461 g/mol. The molecule has 2 amide bonds. The average Bonchev–Trinajstić information content (AvgIpc) is 3.37. The summed E-state index contributed by atoms with van der Waals surface area (Å²) in [6, 6.07) is 0.741. The van der Waals surface area contributed by atoms with Crippen molar-refractivity contribution in [3.63, 3.8) is 0 Å². The molecule has 0 spiro atoms. The highest BCUT2D eigenvalue weighted by Crippen LogP contribution is 2.55. The van der Waals surface area contributed by atoms with Crippen LogP contribution in [-0.4, -0.2) is 39.0 Å². The van der Waals surface area contributed by atoms with Crippen LogP contribution >= 0.6 is 0 Å². The summed E-state index contributed by atoms with van der Waals surface area (Å²) in [5.41, 5.74) is -2.17. The van der Waals surface area contributed by atoms with Gasteiger partial charge in [0.05, 0.1) is 12.1 Å². The number of aromatic nitrogens is 1. The van der Waals surface area contributed by atoms with Gasteiger partial charge in [-0.05, 0) is 38.0 Å². The zero-order chi connectivity index (χ0) is 23.6. The summed E-state index contributed by atoms with van der Waals surface area (Å²) >= 11 is 0. The number of carbonyl (C=O) groups is 2. The fourth-order valence-electron chi connectivity index (χ4n) is 5.92. The molecule has 1 aromatic heterocycles. The van der Waals surface area contributed by atoms with Crippen molar-refractivity contribution in [2.75, 3.05) is 6.54 Å².